The molecule has 2 rings (SSSR count). The van der Waals surface area contributed by atoms with E-state index in [1.54, 1.807) is 0 Å². The van der Waals surface area contributed by atoms with E-state index in [-0.39, 0.29) is 23.5 Å². The summed E-state index contributed by atoms with van der Waals surface area (Å²) in [5, 5.41) is 19.7. The van der Waals surface area contributed by atoms with E-state index in [0.29, 0.717) is 0 Å². The Morgan fingerprint density at radius 2 is 1.07 bits per heavy atom. The van der Waals surface area contributed by atoms with Gasteiger partial charge in [-0.15, -0.1) is 0 Å². The van der Waals surface area contributed by atoms with Gasteiger partial charge in [-0.2, -0.15) is 0 Å². The zero-order valence-corrected chi connectivity index (χ0v) is 20.2. The van der Waals surface area contributed by atoms with Crippen LogP contribution in [0.25, 0.3) is 0 Å². The number of aliphatic hydroxyl groups is 2. The molecule has 30 heavy (non-hydrogen) atoms. The molecule has 0 aliphatic heterocycles. The number of rotatable bonds is 6. The van der Waals surface area contributed by atoms with Crippen LogP contribution >= 0.6 is 0 Å². The van der Waals surface area contributed by atoms with Gasteiger partial charge in [-0.1, -0.05) is 52.0 Å². The minimum absolute atomic E-state index is 0.182. The quantitative estimate of drug-likeness (QED) is 0.608. The van der Waals surface area contributed by atoms with Crippen LogP contribution in [0.2, 0.25) is 0 Å². The topological polar surface area (TPSA) is 52.9 Å². The molecule has 168 valence electrons. The fraction of sp³-hybridized carbons (Fsp3) is 0.538. The molecule has 0 aromatic heterocycles. The Kier molecular flexibility index (Phi) is 9.86. The Hall–Kier alpha value is -2.04. The second-order valence-corrected chi connectivity index (χ2v) is 9.65. The number of anilines is 1. The van der Waals surface area contributed by atoms with Gasteiger partial charge in [0.05, 0.1) is 12.2 Å². The first-order chi connectivity index (χ1) is 13.8. The molecule has 2 aromatic carbocycles. The second kappa shape index (κ2) is 11.4. The third kappa shape index (κ3) is 8.76. The molecule has 4 heteroatoms. The average Bonchev–Trinajstić information content (AvgIpc) is 2.66. The summed E-state index contributed by atoms with van der Waals surface area (Å²) in [5.41, 5.74) is 2.91. The third-order valence-electron chi connectivity index (χ3n) is 4.66. The van der Waals surface area contributed by atoms with E-state index < -0.39 is 6.10 Å². The normalized spacial score (nSPS) is 13.5. The number of nitrogens with zero attached hydrogens (tertiary/aromatic N) is 1. The van der Waals surface area contributed by atoms with Crippen molar-refractivity contribution < 1.29 is 14.9 Å². The minimum Gasteiger partial charge on any atom is -0.488 e. The van der Waals surface area contributed by atoms with Crippen LogP contribution in [0, 0.1) is 11.8 Å². The van der Waals surface area contributed by atoms with Gasteiger partial charge in [0.2, 0.25) is 0 Å². The molecule has 0 aliphatic carbocycles. The summed E-state index contributed by atoms with van der Waals surface area (Å²) < 4.78 is 5.72. The summed E-state index contributed by atoms with van der Waals surface area (Å²) in [4.78, 5) is 2.05. The van der Waals surface area contributed by atoms with Crippen LogP contribution in [0.15, 0.2) is 48.5 Å². The maximum atomic E-state index is 9.88. The molecule has 0 aliphatic rings. The highest BCUT2D eigenvalue weighted by molar-refractivity contribution is 5.46. The van der Waals surface area contributed by atoms with Crippen molar-refractivity contribution in [2.45, 2.75) is 66.3 Å². The van der Waals surface area contributed by atoms with Crippen LogP contribution in [0.1, 0.15) is 71.8 Å². The van der Waals surface area contributed by atoms with Crippen LogP contribution in [0.4, 0.5) is 5.69 Å². The van der Waals surface area contributed by atoms with E-state index in [0.717, 1.165) is 22.6 Å². The standard InChI is InChI=1S/C14H22O2.C12H19NO/c1-10(2)13(15)11-6-8-12(9-7-11)16-14(3,4)5;1-9(2)12(14)10-5-7-11(8-6-10)13(3)4/h6-10,13,15H,1-5H3;5-9,12,14H,1-4H3. The van der Waals surface area contributed by atoms with Gasteiger partial charge in [0, 0.05) is 19.8 Å². The van der Waals surface area contributed by atoms with Gasteiger partial charge >= 0.3 is 0 Å². The van der Waals surface area contributed by atoms with Crippen molar-refractivity contribution in [3.63, 3.8) is 0 Å². The molecule has 2 atom stereocenters. The minimum atomic E-state index is -0.399. The SMILES string of the molecule is CC(C)C(O)c1ccc(N(C)C)cc1.CC(C)C(O)c1ccc(OC(C)(C)C)cc1. The number of hydrogen-bond donors (Lipinski definition) is 2. The van der Waals surface area contributed by atoms with Gasteiger partial charge in [-0.25, -0.2) is 0 Å². The van der Waals surface area contributed by atoms with Crippen LogP contribution in [0.3, 0.4) is 0 Å². The lowest BCUT2D eigenvalue weighted by Gasteiger charge is -2.22. The number of ether oxygens (including phenoxy) is 1. The van der Waals surface area contributed by atoms with E-state index in [2.05, 4.69) is 0 Å². The van der Waals surface area contributed by atoms with Crippen LogP contribution < -0.4 is 9.64 Å². The second-order valence-electron chi connectivity index (χ2n) is 9.65. The number of benzene rings is 2. The van der Waals surface area contributed by atoms with Gasteiger partial charge in [0.25, 0.3) is 0 Å². The maximum absolute atomic E-state index is 9.88. The van der Waals surface area contributed by atoms with Gasteiger partial charge < -0.3 is 19.8 Å². The molecule has 0 saturated heterocycles. The summed E-state index contributed by atoms with van der Waals surface area (Å²) in [6, 6.07) is 15.7. The smallest absolute Gasteiger partial charge is 0.120 e. The summed E-state index contributed by atoms with van der Waals surface area (Å²) in [5.74, 6) is 1.33. The van der Waals surface area contributed by atoms with Crippen LogP contribution in [0.5, 0.6) is 5.75 Å². The molecule has 4 nitrogen and oxygen atoms in total. The molecule has 0 radical (unpaired) electrons. The van der Waals surface area contributed by atoms with Gasteiger partial charge in [0.15, 0.2) is 0 Å². The fourth-order valence-corrected chi connectivity index (χ4v) is 2.83. The van der Waals surface area contributed by atoms with Crippen LogP contribution in [-0.2, 0) is 0 Å². The zero-order chi connectivity index (χ0) is 23.1. The molecule has 2 unspecified atom stereocenters. The van der Waals surface area contributed by atoms with E-state index in [9.17, 15) is 10.2 Å². The van der Waals surface area contributed by atoms with Crippen LogP contribution in [-0.4, -0.2) is 29.9 Å². The van der Waals surface area contributed by atoms with Gasteiger partial charge in [0.1, 0.15) is 11.4 Å². The highest BCUT2D eigenvalue weighted by atomic mass is 16.5. The molecule has 0 amide bonds. The maximum Gasteiger partial charge on any atom is 0.120 e. The third-order valence-corrected chi connectivity index (χ3v) is 4.66. The lowest BCUT2D eigenvalue weighted by molar-refractivity contribution is 0.124. The first-order valence-corrected chi connectivity index (χ1v) is 10.7. The van der Waals surface area contributed by atoms with Crippen molar-refractivity contribution in [2.24, 2.45) is 11.8 Å². The first-order valence-electron chi connectivity index (χ1n) is 10.7. The molecule has 0 fully saturated rings. The Balaban J connectivity index is 0.000000303. The Labute approximate surface area is 183 Å². The number of hydrogen-bond acceptors (Lipinski definition) is 4. The molecular weight excluding hydrogens is 374 g/mol. The van der Waals surface area contributed by atoms with E-state index >= 15 is 0 Å². The highest BCUT2D eigenvalue weighted by Gasteiger charge is 2.14. The molecule has 0 saturated carbocycles. The monoisotopic (exact) mass is 415 g/mol. The summed E-state index contributed by atoms with van der Waals surface area (Å²) in [6.07, 6.45) is -0.755. The highest BCUT2D eigenvalue weighted by Crippen LogP contribution is 2.25. The summed E-state index contributed by atoms with van der Waals surface area (Å²) >= 11 is 0. The Morgan fingerprint density at radius 1 is 0.700 bits per heavy atom. The first kappa shape index (κ1) is 26.0. The lowest BCUT2D eigenvalue weighted by atomic mass is 9.99. The van der Waals surface area contributed by atoms with E-state index in [1.165, 1.54) is 0 Å². The lowest BCUT2D eigenvalue weighted by Crippen LogP contribution is -2.22. The van der Waals surface area contributed by atoms with E-state index in [1.807, 2.05) is 116 Å². The predicted octanol–water partition coefficient (Wildman–Crippen LogP) is 6.00. The van der Waals surface area contributed by atoms with Gasteiger partial charge in [-0.05, 0) is 68.0 Å². The van der Waals surface area contributed by atoms with Crippen molar-refractivity contribution in [1.82, 2.24) is 0 Å². The predicted molar refractivity (Wildman–Crippen MR) is 127 cm³/mol. The molecular formula is C26H41NO3. The van der Waals surface area contributed by atoms with Crippen molar-refractivity contribution in [2.75, 3.05) is 19.0 Å². The summed E-state index contributed by atoms with van der Waals surface area (Å²) in [7, 11) is 4.02. The molecule has 2 aromatic rings. The molecule has 0 spiro atoms. The Morgan fingerprint density at radius 3 is 1.37 bits per heavy atom. The van der Waals surface area contributed by atoms with Gasteiger partial charge in [-0.3, -0.25) is 0 Å². The van der Waals surface area contributed by atoms with Crippen molar-refractivity contribution >= 4 is 5.69 Å². The largest absolute Gasteiger partial charge is 0.488 e. The molecule has 0 heterocycles. The van der Waals surface area contributed by atoms with Crippen molar-refractivity contribution in [1.29, 1.82) is 0 Å². The average molecular weight is 416 g/mol. The summed E-state index contributed by atoms with van der Waals surface area (Å²) in [6.45, 7) is 14.1. The van der Waals surface area contributed by atoms with Crippen molar-refractivity contribution in [3.8, 4) is 5.75 Å². The molecule has 0 bridgehead atoms. The number of aliphatic hydroxyl groups excluding tert-OH is 2. The van der Waals surface area contributed by atoms with Crippen molar-refractivity contribution in [3.05, 3.63) is 59.7 Å². The molecule has 2 N–H and O–H groups in total. The zero-order valence-electron chi connectivity index (χ0n) is 20.2. The van der Waals surface area contributed by atoms with E-state index in [4.69, 9.17) is 4.74 Å². The fourth-order valence-electron chi connectivity index (χ4n) is 2.83. The Bertz CT molecular complexity index is 728.